The number of hydrogen-bond acceptors (Lipinski definition) is 3. The van der Waals surface area contributed by atoms with Crippen LogP contribution in [0.25, 0.3) is 0 Å². The number of ether oxygens (including phenoxy) is 1. The Morgan fingerprint density at radius 3 is 2.74 bits per heavy atom. The molecule has 1 aliphatic heterocycles. The Labute approximate surface area is 119 Å². The van der Waals surface area contributed by atoms with E-state index in [1.165, 1.54) is 0 Å². The fourth-order valence-electron chi connectivity index (χ4n) is 1.88. The Balaban J connectivity index is 1.80. The minimum atomic E-state index is 0.0279. The van der Waals surface area contributed by atoms with E-state index in [0.29, 0.717) is 12.5 Å². The number of thioether (sulfide) groups is 1. The molecule has 1 aliphatic rings. The molecule has 2 rings (SSSR count). The number of benzene rings is 1. The summed E-state index contributed by atoms with van der Waals surface area (Å²) in [6, 6.07) is 9.80. The van der Waals surface area contributed by atoms with Crippen LogP contribution in [0.2, 0.25) is 0 Å². The summed E-state index contributed by atoms with van der Waals surface area (Å²) in [6.45, 7) is 4.59. The van der Waals surface area contributed by atoms with Gasteiger partial charge in [-0.15, -0.1) is 0 Å². The van der Waals surface area contributed by atoms with Crippen LogP contribution < -0.4 is 10.5 Å². The fraction of sp³-hybridized carbons (Fsp3) is 0.500. The highest BCUT2D eigenvalue weighted by Gasteiger charge is 2.12. The van der Waals surface area contributed by atoms with Crippen LogP contribution in [0.5, 0.6) is 5.75 Å². The second kappa shape index (κ2) is 7.28. The highest BCUT2D eigenvalue weighted by molar-refractivity contribution is 7.99. The molecule has 5 heteroatoms. The summed E-state index contributed by atoms with van der Waals surface area (Å²) in [5.74, 6) is 3.78. The Morgan fingerprint density at radius 2 is 2.05 bits per heavy atom. The molecule has 0 amide bonds. The first-order chi connectivity index (χ1) is 9.25. The molecule has 1 saturated heterocycles. The third kappa shape index (κ3) is 4.67. The van der Waals surface area contributed by atoms with E-state index in [9.17, 15) is 0 Å². The number of aliphatic imine (C=N–C) groups is 1. The van der Waals surface area contributed by atoms with E-state index in [2.05, 4.69) is 9.89 Å². The lowest BCUT2D eigenvalue weighted by Gasteiger charge is -2.27. The molecule has 0 saturated carbocycles. The second-order valence-electron chi connectivity index (χ2n) is 4.54. The maximum atomic E-state index is 6.00. The van der Waals surface area contributed by atoms with Crippen molar-refractivity contribution in [1.82, 2.24) is 4.90 Å². The highest BCUT2D eigenvalue weighted by atomic mass is 32.2. The van der Waals surface area contributed by atoms with Gasteiger partial charge in [0.05, 0.1) is 6.54 Å². The fourth-order valence-corrected chi connectivity index (χ4v) is 2.79. The van der Waals surface area contributed by atoms with Crippen molar-refractivity contribution in [3.63, 3.8) is 0 Å². The molecule has 1 fully saturated rings. The monoisotopic (exact) mass is 279 g/mol. The van der Waals surface area contributed by atoms with Gasteiger partial charge >= 0.3 is 0 Å². The SMILES string of the molecule is CC(CN=C(N)N1CCSCC1)Oc1ccccc1. The largest absolute Gasteiger partial charge is 0.489 e. The van der Waals surface area contributed by atoms with E-state index in [-0.39, 0.29) is 6.10 Å². The molecule has 1 aromatic carbocycles. The minimum Gasteiger partial charge on any atom is -0.489 e. The molecule has 1 atom stereocenters. The van der Waals surface area contributed by atoms with Crippen molar-refractivity contribution in [2.75, 3.05) is 31.1 Å². The molecule has 2 N–H and O–H groups in total. The first-order valence-electron chi connectivity index (χ1n) is 6.60. The molecule has 104 valence electrons. The lowest BCUT2D eigenvalue weighted by Crippen LogP contribution is -2.43. The van der Waals surface area contributed by atoms with Crippen molar-refractivity contribution in [1.29, 1.82) is 0 Å². The third-order valence-corrected chi connectivity index (χ3v) is 3.87. The zero-order valence-electron chi connectivity index (χ0n) is 11.3. The van der Waals surface area contributed by atoms with E-state index in [1.54, 1.807) is 0 Å². The van der Waals surface area contributed by atoms with Gasteiger partial charge in [0.25, 0.3) is 0 Å². The zero-order valence-corrected chi connectivity index (χ0v) is 12.1. The Hall–Kier alpha value is -1.36. The molecular weight excluding hydrogens is 258 g/mol. The lowest BCUT2D eigenvalue weighted by molar-refractivity contribution is 0.229. The molecule has 1 aromatic rings. The smallest absolute Gasteiger partial charge is 0.191 e. The molecule has 0 spiro atoms. The van der Waals surface area contributed by atoms with E-state index in [4.69, 9.17) is 10.5 Å². The van der Waals surface area contributed by atoms with E-state index < -0.39 is 0 Å². The van der Waals surface area contributed by atoms with Gasteiger partial charge in [0, 0.05) is 24.6 Å². The van der Waals surface area contributed by atoms with Gasteiger partial charge < -0.3 is 15.4 Å². The van der Waals surface area contributed by atoms with Crippen molar-refractivity contribution in [3.05, 3.63) is 30.3 Å². The van der Waals surface area contributed by atoms with Gasteiger partial charge in [-0.25, -0.2) is 4.99 Å². The van der Waals surface area contributed by atoms with Crippen molar-refractivity contribution in [2.24, 2.45) is 10.7 Å². The molecular formula is C14H21N3OS. The van der Waals surface area contributed by atoms with E-state index >= 15 is 0 Å². The number of guanidine groups is 1. The summed E-state index contributed by atoms with van der Waals surface area (Å²) in [4.78, 5) is 6.57. The van der Waals surface area contributed by atoms with Crippen LogP contribution in [-0.2, 0) is 0 Å². The average Bonchev–Trinajstić information content (AvgIpc) is 2.47. The standard InChI is InChI=1S/C14H21N3OS/c1-12(18-13-5-3-2-4-6-13)11-16-14(15)17-7-9-19-10-8-17/h2-6,12H,7-11H2,1H3,(H2,15,16). The summed E-state index contributed by atoms with van der Waals surface area (Å²) in [6.07, 6.45) is 0.0279. The van der Waals surface area contributed by atoms with Crippen LogP contribution in [0.4, 0.5) is 0 Å². The summed E-state index contributed by atoms with van der Waals surface area (Å²) < 4.78 is 5.77. The first-order valence-corrected chi connectivity index (χ1v) is 7.75. The number of nitrogens with zero attached hydrogens (tertiary/aromatic N) is 2. The molecule has 0 aliphatic carbocycles. The molecule has 19 heavy (non-hydrogen) atoms. The maximum Gasteiger partial charge on any atom is 0.191 e. The molecule has 1 unspecified atom stereocenters. The highest BCUT2D eigenvalue weighted by Crippen LogP contribution is 2.11. The molecule has 0 bridgehead atoms. The van der Waals surface area contributed by atoms with E-state index in [0.717, 1.165) is 30.3 Å². The number of nitrogens with two attached hydrogens (primary N) is 1. The normalized spacial score (nSPS) is 18.2. The van der Waals surface area contributed by atoms with Crippen LogP contribution in [0.15, 0.2) is 35.3 Å². The van der Waals surface area contributed by atoms with Crippen molar-refractivity contribution in [2.45, 2.75) is 13.0 Å². The predicted octanol–water partition coefficient (Wildman–Crippen LogP) is 1.82. The van der Waals surface area contributed by atoms with E-state index in [1.807, 2.05) is 49.0 Å². The Morgan fingerprint density at radius 1 is 1.37 bits per heavy atom. The summed E-state index contributed by atoms with van der Waals surface area (Å²) in [5.41, 5.74) is 6.00. The molecule has 0 aromatic heterocycles. The van der Waals surface area contributed by atoms with Gasteiger partial charge in [-0.2, -0.15) is 11.8 Å². The summed E-state index contributed by atoms with van der Waals surface area (Å²) in [5, 5.41) is 0. The van der Waals surface area contributed by atoms with Crippen LogP contribution in [0.1, 0.15) is 6.92 Å². The predicted molar refractivity (Wildman–Crippen MR) is 81.9 cm³/mol. The van der Waals surface area contributed by atoms with Gasteiger partial charge in [0.15, 0.2) is 5.96 Å². The van der Waals surface area contributed by atoms with Crippen molar-refractivity contribution >= 4 is 17.7 Å². The van der Waals surface area contributed by atoms with Crippen LogP contribution >= 0.6 is 11.8 Å². The van der Waals surface area contributed by atoms with Gasteiger partial charge in [-0.05, 0) is 19.1 Å². The Kier molecular flexibility index (Phi) is 5.39. The van der Waals surface area contributed by atoms with Gasteiger partial charge in [-0.3, -0.25) is 0 Å². The topological polar surface area (TPSA) is 50.8 Å². The molecule has 1 heterocycles. The van der Waals surface area contributed by atoms with Crippen molar-refractivity contribution in [3.8, 4) is 5.75 Å². The lowest BCUT2D eigenvalue weighted by atomic mass is 10.3. The second-order valence-corrected chi connectivity index (χ2v) is 5.76. The molecule has 4 nitrogen and oxygen atoms in total. The van der Waals surface area contributed by atoms with Crippen molar-refractivity contribution < 1.29 is 4.74 Å². The maximum absolute atomic E-state index is 6.00. The first kappa shape index (κ1) is 14.1. The van der Waals surface area contributed by atoms with Crippen LogP contribution in [0.3, 0.4) is 0 Å². The molecule has 0 radical (unpaired) electrons. The van der Waals surface area contributed by atoms with Crippen LogP contribution in [0, 0.1) is 0 Å². The third-order valence-electron chi connectivity index (χ3n) is 2.93. The average molecular weight is 279 g/mol. The van der Waals surface area contributed by atoms with Gasteiger partial charge in [0.1, 0.15) is 11.9 Å². The summed E-state index contributed by atoms with van der Waals surface area (Å²) >= 11 is 1.97. The number of para-hydroxylation sites is 1. The van der Waals surface area contributed by atoms with Gasteiger partial charge in [-0.1, -0.05) is 18.2 Å². The quantitative estimate of drug-likeness (QED) is 0.675. The number of rotatable bonds is 4. The summed E-state index contributed by atoms with van der Waals surface area (Å²) in [7, 11) is 0. The Bertz CT molecular complexity index is 404. The minimum absolute atomic E-state index is 0.0279. The zero-order chi connectivity index (χ0) is 13.5. The number of hydrogen-bond donors (Lipinski definition) is 1. The van der Waals surface area contributed by atoms with Gasteiger partial charge in [0.2, 0.25) is 0 Å². The van der Waals surface area contributed by atoms with Crippen LogP contribution in [-0.4, -0.2) is 48.1 Å².